The summed E-state index contributed by atoms with van der Waals surface area (Å²) in [7, 11) is 0. The molecule has 7 heteroatoms. The number of amides is 1. The van der Waals surface area contributed by atoms with Crippen LogP contribution < -0.4 is 10.1 Å². The maximum Gasteiger partial charge on any atom is 0.271 e. The number of rotatable bonds is 6. The van der Waals surface area contributed by atoms with Crippen molar-refractivity contribution in [3.8, 4) is 11.4 Å². The monoisotopic (exact) mass is 340 g/mol. The van der Waals surface area contributed by atoms with Crippen molar-refractivity contribution in [1.29, 1.82) is 0 Å². The van der Waals surface area contributed by atoms with Gasteiger partial charge in [-0.1, -0.05) is 0 Å². The van der Waals surface area contributed by atoms with E-state index in [-0.39, 0.29) is 17.4 Å². The molecule has 1 amide bonds. The molecule has 3 rings (SSSR count). The van der Waals surface area contributed by atoms with Gasteiger partial charge in [0.2, 0.25) is 0 Å². The Hall–Kier alpha value is -3.22. The first-order valence-corrected chi connectivity index (χ1v) is 7.77. The number of hydrogen-bond acceptors (Lipinski definition) is 4. The van der Waals surface area contributed by atoms with Gasteiger partial charge < -0.3 is 10.1 Å². The maximum absolute atomic E-state index is 13.2. The molecule has 0 atom stereocenters. The Balaban J connectivity index is 1.55. The van der Waals surface area contributed by atoms with E-state index >= 15 is 0 Å². The van der Waals surface area contributed by atoms with Gasteiger partial charge in [-0.2, -0.15) is 5.10 Å². The Morgan fingerprint density at radius 1 is 1.32 bits per heavy atom. The van der Waals surface area contributed by atoms with Gasteiger partial charge in [0.1, 0.15) is 18.2 Å². The third kappa shape index (κ3) is 4.20. The molecule has 0 aliphatic heterocycles. The van der Waals surface area contributed by atoms with Crippen LogP contribution in [-0.2, 0) is 0 Å². The predicted octanol–water partition coefficient (Wildman–Crippen LogP) is 2.52. The molecule has 1 N–H and O–H groups in total. The van der Waals surface area contributed by atoms with E-state index < -0.39 is 0 Å². The zero-order chi connectivity index (χ0) is 17.6. The van der Waals surface area contributed by atoms with Crippen LogP contribution in [0.5, 0.6) is 5.75 Å². The number of nitrogens with one attached hydrogen (secondary N) is 1. The van der Waals surface area contributed by atoms with Gasteiger partial charge in [0.25, 0.3) is 5.91 Å². The molecule has 0 unspecified atom stereocenters. The number of aryl methyl sites for hydroxylation is 1. The second-order valence-corrected chi connectivity index (χ2v) is 5.37. The van der Waals surface area contributed by atoms with Crippen LogP contribution in [0.1, 0.15) is 16.1 Å². The molecule has 0 bridgehead atoms. The fraction of sp³-hybridized carbons (Fsp3) is 0.167. The van der Waals surface area contributed by atoms with Crippen molar-refractivity contribution in [2.24, 2.45) is 0 Å². The average Bonchev–Trinajstić information content (AvgIpc) is 3.09. The van der Waals surface area contributed by atoms with E-state index in [0.717, 1.165) is 11.3 Å². The predicted molar refractivity (Wildman–Crippen MR) is 90.3 cm³/mol. The van der Waals surface area contributed by atoms with Gasteiger partial charge in [-0.3, -0.25) is 9.78 Å². The average molecular weight is 340 g/mol. The minimum atomic E-state index is -0.306. The normalized spacial score (nSPS) is 10.5. The summed E-state index contributed by atoms with van der Waals surface area (Å²) in [6, 6.07) is 9.59. The van der Waals surface area contributed by atoms with Crippen LogP contribution in [0, 0.1) is 12.7 Å². The van der Waals surface area contributed by atoms with Gasteiger partial charge in [0, 0.05) is 12.4 Å². The molecule has 3 aromatic rings. The van der Waals surface area contributed by atoms with Gasteiger partial charge in [0.15, 0.2) is 5.69 Å². The quantitative estimate of drug-likeness (QED) is 0.700. The number of pyridine rings is 1. The summed E-state index contributed by atoms with van der Waals surface area (Å²) in [6.07, 6.45) is 4.93. The Labute approximate surface area is 144 Å². The lowest BCUT2D eigenvalue weighted by Crippen LogP contribution is -2.28. The summed E-state index contributed by atoms with van der Waals surface area (Å²) in [5.74, 6) is 0.0427. The van der Waals surface area contributed by atoms with Crippen molar-refractivity contribution in [2.75, 3.05) is 13.2 Å². The van der Waals surface area contributed by atoms with Crippen molar-refractivity contribution >= 4 is 5.91 Å². The SMILES string of the molecule is Cc1cc(F)ccc1-n1ccc(C(=O)NCCOc2cccnc2)n1. The molecule has 0 saturated heterocycles. The number of benzene rings is 1. The molecular formula is C18H17FN4O2. The molecule has 0 saturated carbocycles. The fourth-order valence-electron chi connectivity index (χ4n) is 2.31. The number of hydrogen-bond donors (Lipinski definition) is 1. The molecule has 0 fully saturated rings. The molecule has 2 aromatic heterocycles. The van der Waals surface area contributed by atoms with Crippen LogP contribution in [-0.4, -0.2) is 33.8 Å². The van der Waals surface area contributed by atoms with Crippen molar-refractivity contribution < 1.29 is 13.9 Å². The number of carbonyl (C=O) groups is 1. The minimum absolute atomic E-state index is 0.283. The molecule has 6 nitrogen and oxygen atoms in total. The van der Waals surface area contributed by atoms with Gasteiger partial charge in [-0.25, -0.2) is 9.07 Å². The lowest BCUT2D eigenvalue weighted by Gasteiger charge is -2.07. The van der Waals surface area contributed by atoms with E-state index in [9.17, 15) is 9.18 Å². The Morgan fingerprint density at radius 3 is 2.96 bits per heavy atom. The second kappa shape index (κ2) is 7.57. The smallest absolute Gasteiger partial charge is 0.271 e. The lowest BCUT2D eigenvalue weighted by molar-refractivity contribution is 0.0941. The summed E-state index contributed by atoms with van der Waals surface area (Å²) >= 11 is 0. The summed E-state index contributed by atoms with van der Waals surface area (Å²) in [5.41, 5.74) is 1.74. The largest absolute Gasteiger partial charge is 0.490 e. The van der Waals surface area contributed by atoms with Crippen LogP contribution in [0.15, 0.2) is 55.0 Å². The lowest BCUT2D eigenvalue weighted by atomic mass is 10.2. The van der Waals surface area contributed by atoms with Crippen LogP contribution in [0.4, 0.5) is 4.39 Å². The summed E-state index contributed by atoms with van der Waals surface area (Å²) < 4.78 is 20.2. The van der Waals surface area contributed by atoms with E-state index in [4.69, 9.17) is 4.74 Å². The van der Waals surface area contributed by atoms with Crippen molar-refractivity contribution in [3.05, 3.63) is 72.1 Å². The van der Waals surface area contributed by atoms with Crippen molar-refractivity contribution in [1.82, 2.24) is 20.1 Å². The maximum atomic E-state index is 13.2. The number of nitrogens with zero attached hydrogens (tertiary/aromatic N) is 3. The highest BCUT2D eigenvalue weighted by Crippen LogP contribution is 2.15. The van der Waals surface area contributed by atoms with E-state index in [0.29, 0.717) is 18.9 Å². The van der Waals surface area contributed by atoms with Crippen LogP contribution in [0.2, 0.25) is 0 Å². The fourth-order valence-corrected chi connectivity index (χ4v) is 2.31. The van der Waals surface area contributed by atoms with E-state index in [1.165, 1.54) is 12.1 Å². The molecule has 25 heavy (non-hydrogen) atoms. The third-order valence-corrected chi connectivity index (χ3v) is 3.52. The number of aromatic nitrogens is 3. The molecule has 0 aliphatic carbocycles. The first-order valence-electron chi connectivity index (χ1n) is 7.77. The molecule has 2 heterocycles. The molecule has 0 spiro atoms. The minimum Gasteiger partial charge on any atom is -0.490 e. The van der Waals surface area contributed by atoms with Crippen LogP contribution >= 0.6 is 0 Å². The Bertz CT molecular complexity index is 865. The van der Waals surface area contributed by atoms with Crippen LogP contribution in [0.25, 0.3) is 5.69 Å². The highest BCUT2D eigenvalue weighted by Gasteiger charge is 2.11. The Morgan fingerprint density at radius 2 is 2.20 bits per heavy atom. The third-order valence-electron chi connectivity index (χ3n) is 3.52. The second-order valence-electron chi connectivity index (χ2n) is 5.37. The van der Waals surface area contributed by atoms with Gasteiger partial charge in [0.05, 0.1) is 18.4 Å². The standard InChI is InChI=1S/C18H17FN4O2/c1-13-11-14(19)4-5-17(13)23-9-6-16(22-23)18(24)21-8-10-25-15-3-2-7-20-12-15/h2-7,9,11-12H,8,10H2,1H3,(H,21,24). The number of halogens is 1. The van der Waals surface area contributed by atoms with Crippen LogP contribution in [0.3, 0.4) is 0 Å². The summed E-state index contributed by atoms with van der Waals surface area (Å²) in [4.78, 5) is 16.1. The topological polar surface area (TPSA) is 69.0 Å². The zero-order valence-corrected chi connectivity index (χ0v) is 13.6. The van der Waals surface area contributed by atoms with E-state index in [2.05, 4.69) is 15.4 Å². The van der Waals surface area contributed by atoms with E-state index in [1.54, 1.807) is 54.5 Å². The Kier molecular flexibility index (Phi) is 5.03. The molecule has 0 aliphatic rings. The molecule has 0 radical (unpaired) electrons. The van der Waals surface area contributed by atoms with Gasteiger partial charge in [-0.05, 0) is 48.9 Å². The highest BCUT2D eigenvalue weighted by molar-refractivity contribution is 5.92. The zero-order valence-electron chi connectivity index (χ0n) is 13.6. The van der Waals surface area contributed by atoms with E-state index in [1.807, 2.05) is 0 Å². The van der Waals surface area contributed by atoms with Crippen molar-refractivity contribution in [3.63, 3.8) is 0 Å². The number of carbonyl (C=O) groups excluding carboxylic acids is 1. The molecule has 1 aromatic carbocycles. The summed E-state index contributed by atoms with van der Waals surface area (Å²) in [6.45, 7) is 2.46. The summed E-state index contributed by atoms with van der Waals surface area (Å²) in [5, 5.41) is 6.98. The van der Waals surface area contributed by atoms with Gasteiger partial charge >= 0.3 is 0 Å². The molecule has 128 valence electrons. The van der Waals surface area contributed by atoms with Crippen molar-refractivity contribution in [2.45, 2.75) is 6.92 Å². The first-order chi connectivity index (χ1) is 12.1. The molecular weight excluding hydrogens is 323 g/mol. The first kappa shape index (κ1) is 16.6. The number of ether oxygens (including phenoxy) is 1. The van der Waals surface area contributed by atoms with Gasteiger partial charge in [-0.15, -0.1) is 0 Å². The highest BCUT2D eigenvalue weighted by atomic mass is 19.1.